The van der Waals surface area contributed by atoms with Crippen molar-refractivity contribution < 1.29 is 14.6 Å². The Balaban J connectivity index is 2.25. The Morgan fingerprint density at radius 2 is 2.33 bits per heavy atom. The van der Waals surface area contributed by atoms with Crippen molar-refractivity contribution in [3.05, 3.63) is 0 Å². The Hall–Kier alpha value is -0.610. The van der Waals surface area contributed by atoms with Gasteiger partial charge in [-0.1, -0.05) is 0 Å². The van der Waals surface area contributed by atoms with Crippen molar-refractivity contribution in [2.75, 3.05) is 6.54 Å². The summed E-state index contributed by atoms with van der Waals surface area (Å²) in [7, 11) is 0. The predicted octanol–water partition coefficient (Wildman–Crippen LogP) is -0.0326. The zero-order valence-electron chi connectivity index (χ0n) is 7.04. The molecule has 1 atom stereocenters. The van der Waals surface area contributed by atoms with E-state index in [0.29, 0.717) is 19.4 Å². The van der Waals surface area contributed by atoms with E-state index in [4.69, 9.17) is 15.6 Å². The van der Waals surface area contributed by atoms with Crippen molar-refractivity contribution in [1.29, 1.82) is 0 Å². The van der Waals surface area contributed by atoms with Gasteiger partial charge < -0.3 is 15.6 Å². The molecule has 2 saturated heterocycles. The standard InChI is InChI=1S/C8H13NO3/c1-7-3-8(4-7,6(10)11)5(2-9)12-7/h5H,2-4,9H2,1H3,(H,10,11). The molecule has 12 heavy (non-hydrogen) atoms. The minimum absolute atomic E-state index is 0.206. The van der Waals surface area contributed by atoms with Crippen LogP contribution < -0.4 is 5.73 Å². The lowest BCUT2D eigenvalue weighted by molar-refractivity contribution is -0.154. The van der Waals surface area contributed by atoms with Gasteiger partial charge in [-0.2, -0.15) is 0 Å². The van der Waals surface area contributed by atoms with Crippen LogP contribution in [-0.2, 0) is 9.53 Å². The van der Waals surface area contributed by atoms with Crippen molar-refractivity contribution in [3.8, 4) is 0 Å². The fourth-order valence-electron chi connectivity index (χ4n) is 2.61. The molecule has 3 fully saturated rings. The molecular weight excluding hydrogens is 158 g/mol. The molecule has 0 aromatic heterocycles. The molecule has 0 amide bonds. The largest absolute Gasteiger partial charge is 0.481 e. The fraction of sp³-hybridized carbons (Fsp3) is 0.875. The molecule has 0 spiro atoms. The minimum atomic E-state index is -0.757. The van der Waals surface area contributed by atoms with Crippen molar-refractivity contribution in [2.45, 2.75) is 31.5 Å². The minimum Gasteiger partial charge on any atom is -0.481 e. The molecule has 1 aliphatic carbocycles. The Morgan fingerprint density at radius 3 is 2.67 bits per heavy atom. The third kappa shape index (κ3) is 0.716. The van der Waals surface area contributed by atoms with Crippen molar-refractivity contribution >= 4 is 5.97 Å². The van der Waals surface area contributed by atoms with Crippen LogP contribution in [0, 0.1) is 5.41 Å². The highest BCUT2D eigenvalue weighted by Crippen LogP contribution is 2.61. The number of carbonyl (C=O) groups is 1. The lowest BCUT2D eigenvalue weighted by Crippen LogP contribution is -2.50. The van der Waals surface area contributed by atoms with Gasteiger partial charge in [0.25, 0.3) is 0 Å². The number of rotatable bonds is 2. The molecule has 4 heteroatoms. The topological polar surface area (TPSA) is 72.5 Å². The number of hydrogen-bond donors (Lipinski definition) is 2. The van der Waals surface area contributed by atoms with Crippen LogP contribution in [0.3, 0.4) is 0 Å². The Labute approximate surface area is 70.7 Å². The zero-order chi connectivity index (χ0) is 8.98. The molecule has 1 unspecified atom stereocenters. The maximum Gasteiger partial charge on any atom is 0.312 e. The van der Waals surface area contributed by atoms with E-state index < -0.39 is 11.4 Å². The second-order valence-electron chi connectivity index (χ2n) is 4.11. The van der Waals surface area contributed by atoms with E-state index in [9.17, 15) is 4.79 Å². The number of ether oxygens (including phenoxy) is 1. The van der Waals surface area contributed by atoms with E-state index in [1.165, 1.54) is 0 Å². The SMILES string of the molecule is CC12CC(C(=O)O)(C1)C(CN)O2. The van der Waals surface area contributed by atoms with Crippen LogP contribution in [-0.4, -0.2) is 29.3 Å². The summed E-state index contributed by atoms with van der Waals surface area (Å²) in [5, 5.41) is 8.99. The van der Waals surface area contributed by atoms with Gasteiger partial charge in [-0.25, -0.2) is 0 Å². The van der Waals surface area contributed by atoms with Gasteiger partial charge >= 0.3 is 5.97 Å². The first-order chi connectivity index (χ1) is 5.52. The van der Waals surface area contributed by atoms with E-state index in [1.54, 1.807) is 0 Å². The summed E-state index contributed by atoms with van der Waals surface area (Å²) in [6.45, 7) is 2.26. The van der Waals surface area contributed by atoms with Crippen molar-refractivity contribution in [2.24, 2.45) is 11.1 Å². The van der Waals surface area contributed by atoms with Gasteiger partial charge in [0.1, 0.15) is 5.41 Å². The summed E-state index contributed by atoms with van der Waals surface area (Å²) < 4.78 is 5.53. The molecule has 0 aromatic carbocycles. The molecule has 68 valence electrons. The Morgan fingerprint density at radius 1 is 1.75 bits per heavy atom. The summed E-state index contributed by atoms with van der Waals surface area (Å²) in [4.78, 5) is 10.9. The molecule has 0 aromatic rings. The number of hydrogen-bond acceptors (Lipinski definition) is 3. The van der Waals surface area contributed by atoms with Crippen LogP contribution in [0.15, 0.2) is 0 Å². The normalized spacial score (nSPS) is 50.3. The highest BCUT2D eigenvalue weighted by atomic mass is 16.5. The highest BCUT2D eigenvalue weighted by molar-refractivity contribution is 5.78. The molecule has 2 heterocycles. The van der Waals surface area contributed by atoms with E-state index >= 15 is 0 Å². The Bertz CT molecular complexity index is 232. The van der Waals surface area contributed by atoms with E-state index in [-0.39, 0.29) is 11.7 Å². The summed E-state index contributed by atoms with van der Waals surface area (Å²) >= 11 is 0. The first-order valence-electron chi connectivity index (χ1n) is 4.14. The number of carboxylic acid groups (broad SMARTS) is 1. The van der Waals surface area contributed by atoms with Crippen LogP contribution in [0.4, 0.5) is 0 Å². The first kappa shape index (κ1) is 8.01. The summed E-state index contributed by atoms with van der Waals surface area (Å²) in [5.74, 6) is -0.757. The third-order valence-electron chi connectivity index (χ3n) is 3.06. The molecule has 3 N–H and O–H groups in total. The zero-order valence-corrected chi connectivity index (χ0v) is 7.04. The highest BCUT2D eigenvalue weighted by Gasteiger charge is 2.69. The van der Waals surface area contributed by atoms with Gasteiger partial charge in [0.2, 0.25) is 0 Å². The molecule has 4 nitrogen and oxygen atoms in total. The van der Waals surface area contributed by atoms with Crippen LogP contribution in [0.25, 0.3) is 0 Å². The number of fused-ring (bicyclic) bond motifs is 1. The van der Waals surface area contributed by atoms with E-state index in [2.05, 4.69) is 0 Å². The molecule has 3 aliphatic rings. The van der Waals surface area contributed by atoms with Crippen molar-refractivity contribution in [3.63, 3.8) is 0 Å². The predicted molar refractivity (Wildman–Crippen MR) is 41.6 cm³/mol. The van der Waals surface area contributed by atoms with Gasteiger partial charge in [0, 0.05) is 6.54 Å². The number of aliphatic carboxylic acids is 1. The van der Waals surface area contributed by atoms with Gasteiger partial charge in [0.05, 0.1) is 11.7 Å². The van der Waals surface area contributed by atoms with Gasteiger partial charge in [0.15, 0.2) is 0 Å². The van der Waals surface area contributed by atoms with Gasteiger partial charge in [-0.05, 0) is 19.8 Å². The molecule has 3 rings (SSSR count). The molecule has 2 bridgehead atoms. The average molecular weight is 171 g/mol. The average Bonchev–Trinajstić information content (AvgIpc) is 2.36. The molecule has 1 saturated carbocycles. The fourth-order valence-corrected chi connectivity index (χ4v) is 2.61. The van der Waals surface area contributed by atoms with Gasteiger partial charge in [-0.15, -0.1) is 0 Å². The number of carboxylic acids is 1. The van der Waals surface area contributed by atoms with Gasteiger partial charge in [-0.3, -0.25) is 4.79 Å². The molecular formula is C8H13NO3. The van der Waals surface area contributed by atoms with Crippen LogP contribution in [0.5, 0.6) is 0 Å². The quantitative estimate of drug-likeness (QED) is 0.611. The molecule has 2 aliphatic heterocycles. The monoisotopic (exact) mass is 171 g/mol. The van der Waals surface area contributed by atoms with Crippen molar-refractivity contribution in [1.82, 2.24) is 0 Å². The summed E-state index contributed by atoms with van der Waals surface area (Å²) in [6, 6.07) is 0. The maximum atomic E-state index is 10.9. The second kappa shape index (κ2) is 2.00. The van der Waals surface area contributed by atoms with Crippen LogP contribution in [0.1, 0.15) is 19.8 Å². The van der Waals surface area contributed by atoms with E-state index in [1.807, 2.05) is 6.92 Å². The van der Waals surface area contributed by atoms with Crippen LogP contribution >= 0.6 is 0 Å². The first-order valence-corrected chi connectivity index (χ1v) is 4.14. The molecule has 0 radical (unpaired) electrons. The van der Waals surface area contributed by atoms with E-state index in [0.717, 1.165) is 0 Å². The number of nitrogens with two attached hydrogens (primary N) is 1. The summed E-state index contributed by atoms with van der Waals surface area (Å²) in [6.07, 6.45) is 0.967. The lowest BCUT2D eigenvalue weighted by Gasteiger charge is -2.39. The second-order valence-corrected chi connectivity index (χ2v) is 4.11. The maximum absolute atomic E-state index is 10.9. The Kier molecular flexibility index (Phi) is 1.34. The van der Waals surface area contributed by atoms with Crippen LogP contribution in [0.2, 0.25) is 0 Å². The third-order valence-corrected chi connectivity index (χ3v) is 3.06. The lowest BCUT2D eigenvalue weighted by atomic mass is 9.61. The smallest absolute Gasteiger partial charge is 0.312 e. The summed E-state index contributed by atoms with van der Waals surface area (Å²) in [5.41, 5.74) is 4.58.